The highest BCUT2D eigenvalue weighted by atomic mass is 14.2. The van der Waals surface area contributed by atoms with Crippen LogP contribution < -0.4 is 0 Å². The van der Waals surface area contributed by atoms with Gasteiger partial charge in [-0.05, 0) is 44.9 Å². The summed E-state index contributed by atoms with van der Waals surface area (Å²) in [5.41, 5.74) is 3.14. The lowest BCUT2D eigenvalue weighted by molar-refractivity contribution is 0.385. The molecular weight excluding hydrogens is 168 g/mol. The van der Waals surface area contributed by atoms with E-state index in [2.05, 4.69) is 41.2 Å². The maximum Gasteiger partial charge on any atom is -0.0289 e. The Morgan fingerprint density at radius 1 is 1.21 bits per heavy atom. The Bertz CT molecular complexity index is 194. The lowest BCUT2D eigenvalue weighted by Gasteiger charge is -2.20. The van der Waals surface area contributed by atoms with Crippen LogP contribution in [-0.4, -0.2) is 0 Å². The predicted molar refractivity (Wildman–Crippen MR) is 66.4 cm³/mol. The third-order valence-electron chi connectivity index (χ3n) is 3.21. The van der Waals surface area contributed by atoms with Gasteiger partial charge in [0.15, 0.2) is 0 Å². The second kappa shape index (κ2) is 6.86. The molecule has 0 radical (unpaired) electrons. The zero-order valence-corrected chi connectivity index (χ0v) is 10.6. The van der Waals surface area contributed by atoms with Crippen molar-refractivity contribution in [3.63, 3.8) is 0 Å². The molecule has 0 heteroatoms. The van der Waals surface area contributed by atoms with Crippen LogP contribution in [0.25, 0.3) is 0 Å². The van der Waals surface area contributed by atoms with E-state index in [-0.39, 0.29) is 0 Å². The first kappa shape index (κ1) is 13.5. The van der Waals surface area contributed by atoms with Gasteiger partial charge < -0.3 is 0 Å². The van der Waals surface area contributed by atoms with Gasteiger partial charge in [0.2, 0.25) is 0 Å². The van der Waals surface area contributed by atoms with Gasteiger partial charge in [0.05, 0.1) is 0 Å². The van der Waals surface area contributed by atoms with Gasteiger partial charge in [0.25, 0.3) is 0 Å². The second-order valence-electron chi connectivity index (χ2n) is 4.64. The average Bonchev–Trinajstić information content (AvgIpc) is 2.13. The minimum Gasteiger partial charge on any atom is -0.103 e. The second-order valence-corrected chi connectivity index (χ2v) is 4.64. The molecule has 0 bridgehead atoms. The van der Waals surface area contributed by atoms with Crippen LogP contribution in [0, 0.1) is 11.8 Å². The number of allylic oxidation sites excluding steroid dienone is 3. The highest BCUT2D eigenvalue weighted by molar-refractivity contribution is 5.10. The van der Waals surface area contributed by atoms with Gasteiger partial charge in [-0.2, -0.15) is 0 Å². The number of hydrogen-bond acceptors (Lipinski definition) is 0. The molecule has 82 valence electrons. The zero-order chi connectivity index (χ0) is 11.1. The molecule has 0 aromatic heterocycles. The Balaban J connectivity index is 4.22. The van der Waals surface area contributed by atoms with Gasteiger partial charge in [-0.15, -0.1) is 6.58 Å². The van der Waals surface area contributed by atoms with Crippen LogP contribution in [0.4, 0.5) is 0 Å². The predicted octanol–water partition coefficient (Wildman–Crippen LogP) is 4.97. The third-order valence-corrected chi connectivity index (χ3v) is 3.21. The Labute approximate surface area is 90.1 Å². The Morgan fingerprint density at radius 2 is 1.79 bits per heavy atom. The van der Waals surface area contributed by atoms with E-state index in [0.29, 0.717) is 0 Å². The lowest BCUT2D eigenvalue weighted by atomic mass is 9.85. The molecule has 0 aliphatic rings. The van der Waals surface area contributed by atoms with E-state index in [0.717, 1.165) is 18.3 Å². The molecule has 0 saturated heterocycles. The summed E-state index contributed by atoms with van der Waals surface area (Å²) in [6, 6.07) is 0. The van der Waals surface area contributed by atoms with E-state index in [4.69, 9.17) is 0 Å². The molecule has 0 nitrogen and oxygen atoms in total. The Morgan fingerprint density at radius 3 is 2.14 bits per heavy atom. The molecule has 0 aromatic carbocycles. The van der Waals surface area contributed by atoms with Crippen molar-refractivity contribution < 1.29 is 0 Å². The Kier molecular flexibility index (Phi) is 6.61. The summed E-state index contributed by atoms with van der Waals surface area (Å²) in [7, 11) is 0. The van der Waals surface area contributed by atoms with Crippen LogP contribution in [0.5, 0.6) is 0 Å². The van der Waals surface area contributed by atoms with Gasteiger partial charge >= 0.3 is 0 Å². The van der Waals surface area contributed by atoms with Crippen molar-refractivity contribution in [3.05, 3.63) is 23.8 Å². The fourth-order valence-electron chi connectivity index (χ4n) is 1.79. The largest absolute Gasteiger partial charge is 0.103 e. The van der Waals surface area contributed by atoms with Crippen LogP contribution in [0.3, 0.4) is 0 Å². The molecule has 0 aliphatic heterocycles. The molecule has 14 heavy (non-hydrogen) atoms. The summed E-state index contributed by atoms with van der Waals surface area (Å²) in [4.78, 5) is 0. The first-order valence-electron chi connectivity index (χ1n) is 5.79. The monoisotopic (exact) mass is 194 g/mol. The standard InChI is InChI=1S/C14H26/c1-7-9-12(5)13(6)10-14(8-2)11(3)4/h7,12-13H,1,8-10H2,2-6H3. The fourth-order valence-corrected chi connectivity index (χ4v) is 1.79. The third kappa shape index (κ3) is 4.64. The van der Waals surface area contributed by atoms with Crippen molar-refractivity contribution in [2.45, 2.75) is 53.9 Å². The van der Waals surface area contributed by atoms with E-state index in [1.807, 2.05) is 6.08 Å². The first-order valence-corrected chi connectivity index (χ1v) is 5.79. The van der Waals surface area contributed by atoms with Crippen LogP contribution in [0.1, 0.15) is 53.9 Å². The summed E-state index contributed by atoms with van der Waals surface area (Å²) in [5.74, 6) is 1.53. The van der Waals surface area contributed by atoms with Crippen LogP contribution in [0.2, 0.25) is 0 Å². The maximum atomic E-state index is 3.81. The van der Waals surface area contributed by atoms with Crippen LogP contribution >= 0.6 is 0 Å². The van der Waals surface area contributed by atoms with Crippen molar-refractivity contribution in [3.8, 4) is 0 Å². The summed E-state index contributed by atoms with van der Waals surface area (Å²) >= 11 is 0. The highest BCUT2D eigenvalue weighted by Crippen LogP contribution is 2.25. The van der Waals surface area contributed by atoms with Crippen LogP contribution in [0.15, 0.2) is 23.8 Å². The fraction of sp³-hybridized carbons (Fsp3) is 0.714. The Hall–Kier alpha value is -0.520. The maximum absolute atomic E-state index is 3.81. The number of rotatable bonds is 6. The van der Waals surface area contributed by atoms with Gasteiger partial charge in [-0.25, -0.2) is 0 Å². The summed E-state index contributed by atoms with van der Waals surface area (Å²) < 4.78 is 0. The molecule has 0 rings (SSSR count). The molecule has 0 N–H and O–H groups in total. The molecule has 0 spiro atoms. The molecule has 0 amide bonds. The van der Waals surface area contributed by atoms with Crippen molar-refractivity contribution in [1.82, 2.24) is 0 Å². The summed E-state index contributed by atoms with van der Waals surface area (Å²) in [5, 5.41) is 0. The first-order chi connectivity index (χ1) is 6.52. The number of hydrogen-bond donors (Lipinski definition) is 0. The van der Waals surface area contributed by atoms with E-state index in [1.165, 1.54) is 18.4 Å². The molecule has 2 atom stereocenters. The minimum absolute atomic E-state index is 0.758. The summed E-state index contributed by atoms with van der Waals surface area (Å²) in [6.07, 6.45) is 5.64. The van der Waals surface area contributed by atoms with Gasteiger partial charge in [0, 0.05) is 0 Å². The van der Waals surface area contributed by atoms with Gasteiger partial charge in [-0.3, -0.25) is 0 Å². The molecule has 2 unspecified atom stereocenters. The molecule has 0 saturated carbocycles. The minimum atomic E-state index is 0.758. The van der Waals surface area contributed by atoms with E-state index in [9.17, 15) is 0 Å². The summed E-state index contributed by atoms with van der Waals surface area (Å²) in [6.45, 7) is 15.2. The van der Waals surface area contributed by atoms with Crippen molar-refractivity contribution >= 4 is 0 Å². The topological polar surface area (TPSA) is 0 Å². The normalized spacial score (nSPS) is 14.6. The van der Waals surface area contributed by atoms with Crippen molar-refractivity contribution in [2.75, 3.05) is 0 Å². The quantitative estimate of drug-likeness (QED) is 0.524. The van der Waals surface area contributed by atoms with Crippen molar-refractivity contribution in [1.29, 1.82) is 0 Å². The molecule has 0 aromatic rings. The molecule has 0 heterocycles. The van der Waals surface area contributed by atoms with E-state index >= 15 is 0 Å². The van der Waals surface area contributed by atoms with Crippen LogP contribution in [-0.2, 0) is 0 Å². The van der Waals surface area contributed by atoms with Gasteiger partial charge in [0.1, 0.15) is 0 Å². The van der Waals surface area contributed by atoms with Gasteiger partial charge in [-0.1, -0.05) is 38.0 Å². The average molecular weight is 194 g/mol. The SMILES string of the molecule is C=CCC(C)C(C)CC(CC)=C(C)C. The van der Waals surface area contributed by atoms with E-state index in [1.54, 1.807) is 5.57 Å². The zero-order valence-electron chi connectivity index (χ0n) is 10.6. The smallest absolute Gasteiger partial charge is 0.0289 e. The van der Waals surface area contributed by atoms with E-state index < -0.39 is 0 Å². The van der Waals surface area contributed by atoms with Crippen molar-refractivity contribution in [2.24, 2.45) is 11.8 Å². The molecule has 0 aliphatic carbocycles. The lowest BCUT2D eigenvalue weighted by Crippen LogP contribution is -2.08. The molecular formula is C14H26. The highest BCUT2D eigenvalue weighted by Gasteiger charge is 2.12. The molecule has 0 fully saturated rings.